The first-order chi connectivity index (χ1) is 8.81. The van der Waals surface area contributed by atoms with Gasteiger partial charge in [-0.05, 0) is 36.5 Å². The number of aromatic nitrogens is 2. The Morgan fingerprint density at radius 1 is 1.32 bits per heavy atom. The lowest BCUT2D eigenvalue weighted by molar-refractivity contribution is 0.333. The second-order valence-corrected chi connectivity index (χ2v) is 6.72. The molecule has 2 rings (SSSR count). The molecule has 0 amide bonds. The summed E-state index contributed by atoms with van der Waals surface area (Å²) in [6.07, 6.45) is 1.06. The SMILES string of the molecule is Cc1ccc2c(c1)nc(C(CN)CC(C)(C)C)n2C. The van der Waals surface area contributed by atoms with Gasteiger partial charge in [-0.1, -0.05) is 26.8 Å². The van der Waals surface area contributed by atoms with Crippen molar-refractivity contribution in [2.75, 3.05) is 6.54 Å². The maximum absolute atomic E-state index is 5.98. The van der Waals surface area contributed by atoms with Crippen molar-refractivity contribution in [2.45, 2.75) is 40.0 Å². The lowest BCUT2D eigenvalue weighted by atomic mass is 9.84. The summed E-state index contributed by atoms with van der Waals surface area (Å²) in [4.78, 5) is 4.81. The first-order valence-corrected chi connectivity index (χ1v) is 6.95. The lowest BCUT2D eigenvalue weighted by Crippen LogP contribution is -2.22. The molecule has 0 saturated heterocycles. The molecule has 0 aliphatic rings. The third-order valence-corrected chi connectivity index (χ3v) is 3.58. The van der Waals surface area contributed by atoms with E-state index in [1.165, 1.54) is 11.1 Å². The standard InChI is InChI=1S/C16H25N3/c1-11-6-7-14-13(8-11)18-15(19(14)5)12(10-17)9-16(2,3)4/h6-8,12H,9-10,17H2,1-5H3. The number of imidazole rings is 1. The van der Waals surface area contributed by atoms with Crippen molar-refractivity contribution in [2.24, 2.45) is 18.2 Å². The van der Waals surface area contributed by atoms with E-state index >= 15 is 0 Å². The number of benzene rings is 1. The Morgan fingerprint density at radius 2 is 2.00 bits per heavy atom. The molecule has 1 aromatic carbocycles. The average molecular weight is 259 g/mol. The molecule has 0 bridgehead atoms. The molecule has 3 heteroatoms. The van der Waals surface area contributed by atoms with Gasteiger partial charge in [-0.3, -0.25) is 0 Å². The number of hydrogen-bond donors (Lipinski definition) is 1. The summed E-state index contributed by atoms with van der Waals surface area (Å²) in [5.41, 5.74) is 9.75. The smallest absolute Gasteiger partial charge is 0.114 e. The molecule has 1 heterocycles. The van der Waals surface area contributed by atoms with Crippen LogP contribution in [0.3, 0.4) is 0 Å². The predicted molar refractivity (Wildman–Crippen MR) is 81.3 cm³/mol. The number of hydrogen-bond acceptors (Lipinski definition) is 2. The van der Waals surface area contributed by atoms with Gasteiger partial charge in [-0.25, -0.2) is 4.98 Å². The number of aryl methyl sites for hydroxylation is 2. The van der Waals surface area contributed by atoms with Gasteiger partial charge in [-0.15, -0.1) is 0 Å². The van der Waals surface area contributed by atoms with Gasteiger partial charge in [0.15, 0.2) is 0 Å². The second-order valence-electron chi connectivity index (χ2n) is 6.72. The van der Waals surface area contributed by atoms with Crippen LogP contribution in [-0.4, -0.2) is 16.1 Å². The van der Waals surface area contributed by atoms with Gasteiger partial charge in [0.05, 0.1) is 11.0 Å². The number of nitrogens with zero attached hydrogens (tertiary/aromatic N) is 2. The predicted octanol–water partition coefficient (Wildman–Crippen LogP) is 3.36. The molecule has 0 fully saturated rings. The molecule has 0 saturated carbocycles. The first-order valence-electron chi connectivity index (χ1n) is 6.95. The fraction of sp³-hybridized carbons (Fsp3) is 0.562. The molecular formula is C16H25N3. The van der Waals surface area contributed by atoms with Crippen molar-refractivity contribution >= 4 is 11.0 Å². The van der Waals surface area contributed by atoms with Crippen LogP contribution in [0.2, 0.25) is 0 Å². The van der Waals surface area contributed by atoms with E-state index in [-0.39, 0.29) is 5.41 Å². The highest BCUT2D eigenvalue weighted by atomic mass is 15.1. The number of nitrogens with two attached hydrogens (primary N) is 1. The van der Waals surface area contributed by atoms with Gasteiger partial charge in [-0.2, -0.15) is 0 Å². The van der Waals surface area contributed by atoms with E-state index in [0.29, 0.717) is 12.5 Å². The zero-order valence-corrected chi connectivity index (χ0v) is 12.7. The normalized spacial score (nSPS) is 14.0. The summed E-state index contributed by atoms with van der Waals surface area (Å²) in [5.74, 6) is 1.43. The Hall–Kier alpha value is -1.35. The zero-order valence-electron chi connectivity index (χ0n) is 12.7. The fourth-order valence-electron chi connectivity index (χ4n) is 2.71. The topological polar surface area (TPSA) is 43.8 Å². The third kappa shape index (κ3) is 2.98. The minimum absolute atomic E-state index is 0.262. The maximum atomic E-state index is 5.98. The molecule has 104 valence electrons. The Balaban J connectivity index is 2.46. The average Bonchev–Trinajstić information content (AvgIpc) is 2.62. The van der Waals surface area contributed by atoms with E-state index < -0.39 is 0 Å². The van der Waals surface area contributed by atoms with Crippen molar-refractivity contribution in [1.29, 1.82) is 0 Å². The summed E-state index contributed by atoms with van der Waals surface area (Å²) >= 11 is 0. The van der Waals surface area contributed by atoms with Crippen molar-refractivity contribution in [3.05, 3.63) is 29.6 Å². The largest absolute Gasteiger partial charge is 0.331 e. The summed E-state index contributed by atoms with van der Waals surface area (Å²) in [6, 6.07) is 6.42. The van der Waals surface area contributed by atoms with Crippen LogP contribution in [0.1, 0.15) is 44.5 Å². The van der Waals surface area contributed by atoms with E-state index in [4.69, 9.17) is 10.7 Å². The third-order valence-electron chi connectivity index (χ3n) is 3.58. The maximum Gasteiger partial charge on any atom is 0.114 e. The summed E-state index contributed by atoms with van der Waals surface area (Å²) in [7, 11) is 2.09. The van der Waals surface area contributed by atoms with E-state index in [0.717, 1.165) is 17.8 Å². The van der Waals surface area contributed by atoms with Gasteiger partial charge >= 0.3 is 0 Å². The van der Waals surface area contributed by atoms with Crippen LogP contribution < -0.4 is 5.73 Å². The van der Waals surface area contributed by atoms with Gasteiger partial charge in [0.2, 0.25) is 0 Å². The lowest BCUT2D eigenvalue weighted by Gasteiger charge is -2.24. The molecule has 0 aliphatic carbocycles. The molecule has 2 aromatic rings. The fourth-order valence-corrected chi connectivity index (χ4v) is 2.71. The Labute approximate surface area is 115 Å². The van der Waals surface area contributed by atoms with Crippen molar-refractivity contribution < 1.29 is 0 Å². The summed E-state index contributed by atoms with van der Waals surface area (Å²) in [6.45, 7) is 9.50. The molecule has 2 N–H and O–H groups in total. The van der Waals surface area contributed by atoms with Crippen molar-refractivity contribution in [3.8, 4) is 0 Å². The minimum atomic E-state index is 0.262. The summed E-state index contributed by atoms with van der Waals surface area (Å²) < 4.78 is 2.19. The van der Waals surface area contributed by atoms with Crippen LogP contribution in [0.5, 0.6) is 0 Å². The molecule has 1 unspecified atom stereocenters. The van der Waals surface area contributed by atoms with Crippen molar-refractivity contribution in [1.82, 2.24) is 9.55 Å². The number of fused-ring (bicyclic) bond motifs is 1. The van der Waals surface area contributed by atoms with E-state index in [1.807, 2.05) is 0 Å². The summed E-state index contributed by atoms with van der Waals surface area (Å²) in [5, 5.41) is 0. The minimum Gasteiger partial charge on any atom is -0.331 e. The molecule has 3 nitrogen and oxygen atoms in total. The van der Waals surface area contributed by atoms with Gasteiger partial charge in [0.25, 0.3) is 0 Å². The Bertz CT molecular complexity index is 575. The van der Waals surface area contributed by atoms with Gasteiger partial charge in [0, 0.05) is 19.5 Å². The van der Waals surface area contributed by atoms with E-state index in [2.05, 4.69) is 57.5 Å². The van der Waals surface area contributed by atoms with Crippen LogP contribution in [0.15, 0.2) is 18.2 Å². The van der Waals surface area contributed by atoms with Crippen molar-refractivity contribution in [3.63, 3.8) is 0 Å². The Kier molecular flexibility index (Phi) is 3.68. The van der Waals surface area contributed by atoms with Crippen LogP contribution in [0.25, 0.3) is 11.0 Å². The van der Waals surface area contributed by atoms with Crippen LogP contribution in [0.4, 0.5) is 0 Å². The molecule has 0 radical (unpaired) electrons. The molecule has 1 aromatic heterocycles. The highest BCUT2D eigenvalue weighted by molar-refractivity contribution is 5.76. The molecule has 0 spiro atoms. The van der Waals surface area contributed by atoms with Gasteiger partial charge in [0.1, 0.15) is 5.82 Å². The van der Waals surface area contributed by atoms with E-state index in [1.54, 1.807) is 0 Å². The molecule has 19 heavy (non-hydrogen) atoms. The quantitative estimate of drug-likeness (QED) is 0.918. The Morgan fingerprint density at radius 3 is 2.58 bits per heavy atom. The molecular weight excluding hydrogens is 234 g/mol. The van der Waals surface area contributed by atoms with E-state index in [9.17, 15) is 0 Å². The monoisotopic (exact) mass is 259 g/mol. The molecule has 0 aliphatic heterocycles. The number of rotatable bonds is 3. The second kappa shape index (κ2) is 4.97. The zero-order chi connectivity index (χ0) is 14.2. The van der Waals surface area contributed by atoms with Gasteiger partial charge < -0.3 is 10.3 Å². The van der Waals surface area contributed by atoms with Crippen LogP contribution in [0, 0.1) is 12.3 Å². The van der Waals surface area contributed by atoms with Crippen LogP contribution in [-0.2, 0) is 7.05 Å². The van der Waals surface area contributed by atoms with Crippen LogP contribution >= 0.6 is 0 Å². The first kappa shape index (κ1) is 14.1. The molecule has 1 atom stereocenters. The highest BCUT2D eigenvalue weighted by Crippen LogP contribution is 2.31. The highest BCUT2D eigenvalue weighted by Gasteiger charge is 2.23.